The number of halogens is 2. The van der Waals surface area contributed by atoms with Crippen molar-refractivity contribution in [2.24, 2.45) is 0 Å². The van der Waals surface area contributed by atoms with Crippen molar-refractivity contribution in [2.45, 2.75) is 32.1 Å². The van der Waals surface area contributed by atoms with Crippen molar-refractivity contribution in [1.82, 2.24) is 14.9 Å². The Morgan fingerprint density at radius 2 is 2.04 bits per heavy atom. The van der Waals surface area contributed by atoms with Gasteiger partial charge in [0.15, 0.2) is 0 Å². The van der Waals surface area contributed by atoms with Gasteiger partial charge in [-0.3, -0.25) is 4.79 Å². The van der Waals surface area contributed by atoms with Crippen LogP contribution < -0.4 is 4.90 Å². The summed E-state index contributed by atoms with van der Waals surface area (Å²) >= 11 is 5.70. The van der Waals surface area contributed by atoms with Gasteiger partial charge in [0.1, 0.15) is 18.0 Å². The van der Waals surface area contributed by atoms with Crippen LogP contribution in [0, 0.1) is 5.82 Å². The summed E-state index contributed by atoms with van der Waals surface area (Å²) in [5, 5.41) is 0.0754. The molecule has 5 nitrogen and oxygen atoms in total. The lowest BCUT2D eigenvalue weighted by Crippen LogP contribution is -2.49. The zero-order valence-electron chi connectivity index (χ0n) is 15.3. The number of carbonyl (C=O) groups is 1. The van der Waals surface area contributed by atoms with Gasteiger partial charge in [-0.25, -0.2) is 14.4 Å². The zero-order valence-corrected chi connectivity index (χ0v) is 16.0. The molecule has 2 aromatic rings. The Morgan fingerprint density at radius 1 is 1.26 bits per heavy atom. The third-order valence-electron chi connectivity index (χ3n) is 5.52. The van der Waals surface area contributed by atoms with Crippen LogP contribution in [-0.2, 0) is 17.6 Å². The van der Waals surface area contributed by atoms with Gasteiger partial charge in [0.25, 0.3) is 0 Å². The Balaban J connectivity index is 1.40. The minimum atomic E-state index is -0.487. The molecule has 0 N–H and O–H groups in total. The van der Waals surface area contributed by atoms with Crippen molar-refractivity contribution in [2.75, 3.05) is 31.1 Å². The van der Waals surface area contributed by atoms with Gasteiger partial charge in [0.2, 0.25) is 5.91 Å². The highest BCUT2D eigenvalue weighted by molar-refractivity contribution is 6.30. The zero-order chi connectivity index (χ0) is 19.0. The second-order valence-electron chi connectivity index (χ2n) is 7.29. The van der Waals surface area contributed by atoms with Crippen molar-refractivity contribution < 1.29 is 9.18 Å². The van der Waals surface area contributed by atoms with Crippen LogP contribution in [0.25, 0.3) is 0 Å². The number of aromatic nitrogens is 2. The van der Waals surface area contributed by atoms with Crippen LogP contribution >= 0.6 is 11.6 Å². The smallest absolute Gasteiger partial charge is 0.227 e. The van der Waals surface area contributed by atoms with E-state index in [-0.39, 0.29) is 17.4 Å². The molecule has 1 atom stereocenters. The molecule has 0 spiro atoms. The number of hydrogen-bond acceptors (Lipinski definition) is 4. The molecular formula is C20H22ClFN4O. The fraction of sp³-hybridized carbons (Fsp3) is 0.450. The van der Waals surface area contributed by atoms with Gasteiger partial charge in [0.05, 0.1) is 11.4 Å². The summed E-state index contributed by atoms with van der Waals surface area (Å²) in [4.78, 5) is 25.6. The quantitative estimate of drug-likeness (QED) is 0.810. The first-order chi connectivity index (χ1) is 13.0. The van der Waals surface area contributed by atoms with E-state index in [1.807, 2.05) is 4.90 Å². The molecule has 0 bridgehead atoms. The first-order valence-electron chi connectivity index (χ1n) is 9.33. The van der Waals surface area contributed by atoms with Crippen molar-refractivity contribution in [3.05, 3.63) is 52.2 Å². The minimum absolute atomic E-state index is 0.0117. The molecule has 4 rings (SSSR count). The Kier molecular flexibility index (Phi) is 5.00. The summed E-state index contributed by atoms with van der Waals surface area (Å²) in [6.45, 7) is 5.00. The van der Waals surface area contributed by atoms with Crippen LogP contribution in [0.2, 0.25) is 5.02 Å². The summed E-state index contributed by atoms with van der Waals surface area (Å²) in [5.74, 6) is 1.03. The van der Waals surface area contributed by atoms with Crippen molar-refractivity contribution in [1.29, 1.82) is 0 Å². The standard InChI is InChI=1S/C20H22ClFN4O/c1-13-2-5-17-19(13)20(24-12-23-17)26-8-6-25(7-9-26)18(27)11-14-3-4-15(21)16(22)10-14/h3-4,10,12-13H,2,5-9,11H2,1H3. The first kappa shape index (κ1) is 18.2. The Bertz CT molecular complexity index is 867. The fourth-order valence-corrected chi connectivity index (χ4v) is 4.10. The summed E-state index contributed by atoms with van der Waals surface area (Å²) in [7, 11) is 0. The molecule has 1 aliphatic heterocycles. The third-order valence-corrected chi connectivity index (χ3v) is 5.83. The highest BCUT2D eigenvalue weighted by Gasteiger charge is 2.29. The maximum absolute atomic E-state index is 13.6. The van der Waals surface area contributed by atoms with Crippen molar-refractivity contribution >= 4 is 23.3 Å². The molecule has 27 heavy (non-hydrogen) atoms. The average molecular weight is 389 g/mol. The number of aryl methyl sites for hydroxylation is 1. The maximum atomic E-state index is 13.6. The van der Waals surface area contributed by atoms with E-state index in [0.717, 1.165) is 37.4 Å². The average Bonchev–Trinajstić information content (AvgIpc) is 3.06. The van der Waals surface area contributed by atoms with Gasteiger partial charge < -0.3 is 9.80 Å². The predicted molar refractivity (Wildman–Crippen MR) is 103 cm³/mol. The van der Waals surface area contributed by atoms with Gasteiger partial charge in [0, 0.05) is 37.4 Å². The van der Waals surface area contributed by atoms with Gasteiger partial charge >= 0.3 is 0 Å². The normalized spacial score (nSPS) is 19.3. The molecule has 1 unspecified atom stereocenters. The van der Waals surface area contributed by atoms with Gasteiger partial charge in [-0.2, -0.15) is 0 Å². The van der Waals surface area contributed by atoms with E-state index in [9.17, 15) is 9.18 Å². The van der Waals surface area contributed by atoms with E-state index < -0.39 is 5.82 Å². The molecule has 7 heteroatoms. The molecule has 0 radical (unpaired) electrons. The lowest BCUT2D eigenvalue weighted by atomic mass is 10.1. The maximum Gasteiger partial charge on any atom is 0.227 e. The van der Waals surface area contributed by atoms with Gasteiger partial charge in [-0.1, -0.05) is 24.6 Å². The van der Waals surface area contributed by atoms with Crippen LogP contribution in [0.1, 0.15) is 36.1 Å². The lowest BCUT2D eigenvalue weighted by Gasteiger charge is -2.36. The van der Waals surface area contributed by atoms with Crippen LogP contribution in [0.4, 0.5) is 10.2 Å². The number of fused-ring (bicyclic) bond motifs is 1. The Hall–Kier alpha value is -2.21. The molecule has 142 valence electrons. The molecule has 1 saturated heterocycles. The molecule has 1 amide bonds. The van der Waals surface area contributed by atoms with Gasteiger partial charge in [-0.15, -0.1) is 0 Å². The number of amides is 1. The van der Waals surface area contributed by atoms with Crippen molar-refractivity contribution in [3.8, 4) is 0 Å². The summed E-state index contributed by atoms with van der Waals surface area (Å²) in [6.07, 6.45) is 3.98. The Morgan fingerprint density at radius 3 is 2.78 bits per heavy atom. The lowest BCUT2D eigenvalue weighted by molar-refractivity contribution is -0.130. The summed E-state index contributed by atoms with van der Waals surface area (Å²) < 4.78 is 13.6. The van der Waals surface area contributed by atoms with E-state index in [2.05, 4.69) is 21.8 Å². The highest BCUT2D eigenvalue weighted by Crippen LogP contribution is 2.37. The van der Waals surface area contributed by atoms with E-state index >= 15 is 0 Å². The van der Waals surface area contributed by atoms with Crippen LogP contribution in [-0.4, -0.2) is 47.0 Å². The summed E-state index contributed by atoms with van der Waals surface area (Å²) in [5.41, 5.74) is 3.08. The molecule has 2 heterocycles. The first-order valence-corrected chi connectivity index (χ1v) is 9.71. The predicted octanol–water partition coefficient (Wildman–Crippen LogP) is 3.21. The summed E-state index contributed by atoms with van der Waals surface area (Å²) in [6, 6.07) is 4.53. The number of carbonyl (C=O) groups excluding carboxylic acids is 1. The highest BCUT2D eigenvalue weighted by atomic mass is 35.5. The molecule has 1 fully saturated rings. The number of piperazine rings is 1. The fourth-order valence-electron chi connectivity index (χ4n) is 3.98. The molecule has 1 aromatic heterocycles. The van der Waals surface area contributed by atoms with Crippen LogP contribution in [0.3, 0.4) is 0 Å². The third kappa shape index (κ3) is 3.63. The monoisotopic (exact) mass is 388 g/mol. The molecule has 1 aliphatic carbocycles. The number of hydrogen-bond donors (Lipinski definition) is 0. The van der Waals surface area contributed by atoms with Crippen LogP contribution in [0.15, 0.2) is 24.5 Å². The number of nitrogens with zero attached hydrogens (tertiary/aromatic N) is 4. The van der Waals surface area contributed by atoms with E-state index in [1.54, 1.807) is 12.4 Å². The molecule has 0 saturated carbocycles. The van der Waals surface area contributed by atoms with E-state index in [1.165, 1.54) is 17.7 Å². The molecule has 1 aromatic carbocycles. The SMILES string of the molecule is CC1CCc2ncnc(N3CCN(C(=O)Cc4ccc(Cl)c(F)c4)CC3)c21. The van der Waals surface area contributed by atoms with E-state index in [0.29, 0.717) is 24.6 Å². The topological polar surface area (TPSA) is 49.3 Å². The van der Waals surface area contributed by atoms with E-state index in [4.69, 9.17) is 11.6 Å². The second kappa shape index (κ2) is 7.43. The second-order valence-corrected chi connectivity index (χ2v) is 7.70. The van der Waals surface area contributed by atoms with Crippen LogP contribution in [0.5, 0.6) is 0 Å². The minimum Gasteiger partial charge on any atom is -0.353 e. The van der Waals surface area contributed by atoms with Gasteiger partial charge in [-0.05, 0) is 36.5 Å². The molecular weight excluding hydrogens is 367 g/mol. The van der Waals surface area contributed by atoms with Crippen molar-refractivity contribution in [3.63, 3.8) is 0 Å². The largest absolute Gasteiger partial charge is 0.353 e. The Labute approximate surface area is 163 Å². The molecule has 2 aliphatic rings. The number of anilines is 1. The number of rotatable bonds is 3. The number of benzene rings is 1.